The lowest BCUT2D eigenvalue weighted by Crippen LogP contribution is -2.14. The van der Waals surface area contributed by atoms with Gasteiger partial charge in [-0.1, -0.05) is 42.5 Å². The molecule has 0 spiro atoms. The van der Waals surface area contributed by atoms with Crippen molar-refractivity contribution in [3.05, 3.63) is 95.4 Å². The molecule has 2 heterocycles. The molecule has 0 aliphatic rings. The summed E-state index contributed by atoms with van der Waals surface area (Å²) < 4.78 is 0. The quantitative estimate of drug-likeness (QED) is 0.528. The highest BCUT2D eigenvalue weighted by molar-refractivity contribution is 5.86. The molecule has 3 nitrogen and oxygen atoms in total. The lowest BCUT2D eigenvalue weighted by atomic mass is 9.96. The molecule has 25 heavy (non-hydrogen) atoms. The zero-order chi connectivity index (χ0) is 17.2. The van der Waals surface area contributed by atoms with Gasteiger partial charge in [0.2, 0.25) is 0 Å². The SMILES string of the molecule is Cc1ccccc1N[C@H](c1cccnc1)c1c(C)[nH]c2ccccc12. The summed E-state index contributed by atoms with van der Waals surface area (Å²) in [6.45, 7) is 4.27. The maximum absolute atomic E-state index is 4.34. The van der Waals surface area contributed by atoms with E-state index in [1.807, 2.05) is 18.5 Å². The van der Waals surface area contributed by atoms with Gasteiger partial charge in [0.15, 0.2) is 0 Å². The van der Waals surface area contributed by atoms with E-state index in [0.717, 1.165) is 16.8 Å². The highest BCUT2D eigenvalue weighted by Gasteiger charge is 2.21. The van der Waals surface area contributed by atoms with E-state index in [9.17, 15) is 0 Å². The summed E-state index contributed by atoms with van der Waals surface area (Å²) in [5.74, 6) is 0. The van der Waals surface area contributed by atoms with Gasteiger partial charge in [-0.25, -0.2) is 0 Å². The normalized spacial score (nSPS) is 12.2. The molecule has 0 fully saturated rings. The van der Waals surface area contributed by atoms with Crippen LogP contribution in [0.5, 0.6) is 0 Å². The molecule has 0 radical (unpaired) electrons. The lowest BCUT2D eigenvalue weighted by molar-refractivity contribution is 0.920. The Bertz CT molecular complexity index is 1000. The Kier molecular flexibility index (Phi) is 3.98. The molecular weight excluding hydrogens is 306 g/mol. The van der Waals surface area contributed by atoms with Gasteiger partial charge in [-0.2, -0.15) is 0 Å². The minimum Gasteiger partial charge on any atom is -0.374 e. The first kappa shape index (κ1) is 15.5. The van der Waals surface area contributed by atoms with E-state index in [1.165, 1.54) is 22.2 Å². The highest BCUT2D eigenvalue weighted by atomic mass is 14.9. The molecule has 0 amide bonds. The number of nitrogens with one attached hydrogen (secondary N) is 2. The van der Waals surface area contributed by atoms with E-state index in [4.69, 9.17) is 0 Å². The van der Waals surface area contributed by atoms with Gasteiger partial charge in [0, 0.05) is 40.2 Å². The molecule has 1 atom stereocenters. The van der Waals surface area contributed by atoms with Crippen molar-refractivity contribution in [3.8, 4) is 0 Å². The topological polar surface area (TPSA) is 40.7 Å². The first-order valence-corrected chi connectivity index (χ1v) is 8.53. The van der Waals surface area contributed by atoms with Crippen molar-refractivity contribution in [1.29, 1.82) is 0 Å². The molecule has 4 aromatic rings. The number of aromatic nitrogens is 2. The molecule has 124 valence electrons. The van der Waals surface area contributed by atoms with Crippen LogP contribution in [0, 0.1) is 13.8 Å². The average Bonchev–Trinajstić information content (AvgIpc) is 2.97. The Labute approximate surface area is 147 Å². The van der Waals surface area contributed by atoms with Gasteiger partial charge < -0.3 is 10.3 Å². The van der Waals surface area contributed by atoms with Crippen LogP contribution in [0.25, 0.3) is 10.9 Å². The fraction of sp³-hybridized carbons (Fsp3) is 0.136. The number of benzene rings is 2. The van der Waals surface area contributed by atoms with Crippen LogP contribution in [0.3, 0.4) is 0 Å². The molecule has 0 aliphatic carbocycles. The van der Waals surface area contributed by atoms with Crippen molar-refractivity contribution in [2.45, 2.75) is 19.9 Å². The second-order valence-electron chi connectivity index (χ2n) is 6.39. The Hall–Kier alpha value is -3.07. The maximum atomic E-state index is 4.34. The van der Waals surface area contributed by atoms with Crippen LogP contribution in [0.1, 0.15) is 28.4 Å². The number of rotatable bonds is 4. The van der Waals surface area contributed by atoms with Gasteiger partial charge in [0.05, 0.1) is 6.04 Å². The fourth-order valence-corrected chi connectivity index (χ4v) is 3.43. The second-order valence-corrected chi connectivity index (χ2v) is 6.39. The summed E-state index contributed by atoms with van der Waals surface area (Å²) in [5.41, 5.74) is 7.13. The number of para-hydroxylation sites is 2. The van der Waals surface area contributed by atoms with Crippen LogP contribution in [-0.2, 0) is 0 Å². The number of aromatic amines is 1. The number of nitrogens with zero attached hydrogens (tertiary/aromatic N) is 1. The minimum absolute atomic E-state index is 0.0333. The number of pyridine rings is 1. The molecule has 0 saturated carbocycles. The summed E-state index contributed by atoms with van der Waals surface area (Å²) in [5, 5.41) is 4.98. The molecule has 0 unspecified atom stereocenters. The van der Waals surface area contributed by atoms with E-state index in [2.05, 4.69) is 83.7 Å². The van der Waals surface area contributed by atoms with Crippen LogP contribution in [-0.4, -0.2) is 9.97 Å². The molecule has 2 aromatic carbocycles. The average molecular weight is 327 g/mol. The van der Waals surface area contributed by atoms with Crippen molar-refractivity contribution in [1.82, 2.24) is 9.97 Å². The van der Waals surface area contributed by atoms with Crippen molar-refractivity contribution in [2.24, 2.45) is 0 Å². The van der Waals surface area contributed by atoms with Gasteiger partial charge in [0.25, 0.3) is 0 Å². The van der Waals surface area contributed by atoms with Crippen molar-refractivity contribution in [3.63, 3.8) is 0 Å². The van der Waals surface area contributed by atoms with Crippen LogP contribution in [0.15, 0.2) is 73.1 Å². The number of H-pyrrole nitrogens is 1. The molecule has 2 N–H and O–H groups in total. The van der Waals surface area contributed by atoms with E-state index in [1.54, 1.807) is 0 Å². The molecule has 2 aromatic heterocycles. The van der Waals surface area contributed by atoms with Gasteiger partial charge in [-0.05, 0) is 43.2 Å². The Balaban J connectivity index is 1.88. The van der Waals surface area contributed by atoms with E-state index >= 15 is 0 Å². The van der Waals surface area contributed by atoms with E-state index in [-0.39, 0.29) is 6.04 Å². The predicted octanol–water partition coefficient (Wildman–Crippen LogP) is 5.38. The standard InChI is InChI=1S/C22H21N3/c1-15-8-3-5-11-19(15)25-22(17-9-7-13-23-14-17)21-16(2)24-20-12-6-4-10-18(20)21/h3-14,22,24-25H,1-2H3/t22-/m1/s1. The fourth-order valence-electron chi connectivity index (χ4n) is 3.43. The number of hydrogen-bond donors (Lipinski definition) is 2. The summed E-state index contributed by atoms with van der Waals surface area (Å²) in [7, 11) is 0. The maximum Gasteiger partial charge on any atom is 0.0805 e. The monoisotopic (exact) mass is 327 g/mol. The lowest BCUT2D eigenvalue weighted by Gasteiger charge is -2.22. The summed E-state index contributed by atoms with van der Waals surface area (Å²) in [6, 6.07) is 21.0. The predicted molar refractivity (Wildman–Crippen MR) is 104 cm³/mol. The Morgan fingerprint density at radius 3 is 2.52 bits per heavy atom. The van der Waals surface area contributed by atoms with Crippen LogP contribution < -0.4 is 5.32 Å². The van der Waals surface area contributed by atoms with Gasteiger partial charge in [0.1, 0.15) is 0 Å². The molecular formula is C22H21N3. The van der Waals surface area contributed by atoms with Crippen LogP contribution in [0.4, 0.5) is 5.69 Å². The number of aryl methyl sites for hydroxylation is 2. The highest BCUT2D eigenvalue weighted by Crippen LogP contribution is 2.34. The largest absolute Gasteiger partial charge is 0.374 e. The van der Waals surface area contributed by atoms with Crippen molar-refractivity contribution >= 4 is 16.6 Å². The molecule has 0 saturated heterocycles. The zero-order valence-corrected chi connectivity index (χ0v) is 14.5. The molecule has 3 heteroatoms. The van der Waals surface area contributed by atoms with Crippen LogP contribution in [0.2, 0.25) is 0 Å². The number of fused-ring (bicyclic) bond motifs is 1. The van der Waals surface area contributed by atoms with E-state index < -0.39 is 0 Å². The smallest absolute Gasteiger partial charge is 0.0805 e. The van der Waals surface area contributed by atoms with Gasteiger partial charge in [-0.15, -0.1) is 0 Å². The third kappa shape index (κ3) is 2.89. The number of hydrogen-bond acceptors (Lipinski definition) is 2. The van der Waals surface area contributed by atoms with E-state index in [0.29, 0.717) is 0 Å². The zero-order valence-electron chi connectivity index (χ0n) is 14.5. The Morgan fingerprint density at radius 2 is 1.72 bits per heavy atom. The minimum atomic E-state index is 0.0333. The number of anilines is 1. The molecule has 0 aliphatic heterocycles. The summed E-state index contributed by atoms with van der Waals surface area (Å²) in [6.07, 6.45) is 3.76. The van der Waals surface area contributed by atoms with Gasteiger partial charge >= 0.3 is 0 Å². The third-order valence-electron chi connectivity index (χ3n) is 4.69. The molecule has 4 rings (SSSR count). The Morgan fingerprint density at radius 1 is 0.920 bits per heavy atom. The third-order valence-corrected chi connectivity index (χ3v) is 4.69. The summed E-state index contributed by atoms with van der Waals surface area (Å²) in [4.78, 5) is 7.86. The first-order valence-electron chi connectivity index (χ1n) is 8.53. The second kappa shape index (κ2) is 6.44. The van der Waals surface area contributed by atoms with Crippen LogP contribution >= 0.6 is 0 Å². The first-order chi connectivity index (χ1) is 12.2. The van der Waals surface area contributed by atoms with Gasteiger partial charge in [-0.3, -0.25) is 4.98 Å². The van der Waals surface area contributed by atoms with Crippen molar-refractivity contribution in [2.75, 3.05) is 5.32 Å². The summed E-state index contributed by atoms with van der Waals surface area (Å²) >= 11 is 0. The molecule has 0 bridgehead atoms. The van der Waals surface area contributed by atoms with Crippen molar-refractivity contribution < 1.29 is 0 Å².